The predicted molar refractivity (Wildman–Crippen MR) is 80.7 cm³/mol. The molecule has 1 aliphatic heterocycles. The predicted octanol–water partition coefficient (Wildman–Crippen LogP) is 1.03. The molecular formula is C14H19N3O3S. The van der Waals surface area contributed by atoms with E-state index in [1.807, 2.05) is 20.8 Å². The maximum Gasteiger partial charge on any atom is 0.263 e. The quantitative estimate of drug-likeness (QED) is 0.871. The molecule has 6 nitrogen and oxygen atoms in total. The highest BCUT2D eigenvalue weighted by Gasteiger charge is 2.30. The lowest BCUT2D eigenvalue weighted by atomic mass is 10.0. The van der Waals surface area contributed by atoms with Gasteiger partial charge >= 0.3 is 0 Å². The van der Waals surface area contributed by atoms with E-state index in [0.717, 1.165) is 6.42 Å². The Morgan fingerprint density at radius 3 is 2.67 bits per heavy atom. The highest BCUT2D eigenvalue weighted by Crippen LogP contribution is 2.22. The molecule has 2 rings (SSSR count). The summed E-state index contributed by atoms with van der Waals surface area (Å²) < 4.78 is 26.2. The van der Waals surface area contributed by atoms with Crippen LogP contribution in [-0.4, -0.2) is 32.2 Å². The van der Waals surface area contributed by atoms with E-state index in [0.29, 0.717) is 5.56 Å². The number of rotatable bonds is 4. The maximum atomic E-state index is 11.9. The van der Waals surface area contributed by atoms with Crippen LogP contribution in [0, 0.1) is 0 Å². The van der Waals surface area contributed by atoms with E-state index in [4.69, 9.17) is 0 Å². The van der Waals surface area contributed by atoms with E-state index in [1.165, 1.54) is 6.07 Å². The fourth-order valence-corrected chi connectivity index (χ4v) is 3.16. The molecule has 0 aliphatic carbocycles. The minimum atomic E-state index is -3.55. The number of carbonyl (C=O) groups is 1. The highest BCUT2D eigenvalue weighted by atomic mass is 32.2. The van der Waals surface area contributed by atoms with Crippen LogP contribution in [0.2, 0.25) is 0 Å². The minimum Gasteiger partial charge on any atom is -0.350 e. The van der Waals surface area contributed by atoms with Crippen molar-refractivity contribution in [2.75, 3.05) is 6.54 Å². The van der Waals surface area contributed by atoms with Gasteiger partial charge in [-0.15, -0.1) is 0 Å². The highest BCUT2D eigenvalue weighted by molar-refractivity contribution is 7.90. The fraction of sp³-hybridized carbons (Fsp3) is 0.429. The molecule has 1 aromatic carbocycles. The Labute approximate surface area is 124 Å². The molecule has 1 amide bonds. The summed E-state index contributed by atoms with van der Waals surface area (Å²) in [5.41, 5.74) is 0.199. The topological polar surface area (TPSA) is 87.6 Å². The molecule has 2 N–H and O–H groups in total. The number of sulfonamides is 1. The fourth-order valence-electron chi connectivity index (χ4n) is 1.91. The molecule has 1 aliphatic rings. The second kappa shape index (κ2) is 5.48. The van der Waals surface area contributed by atoms with Crippen LogP contribution >= 0.6 is 0 Å². The molecule has 21 heavy (non-hydrogen) atoms. The third-order valence-corrected chi connectivity index (χ3v) is 4.80. The van der Waals surface area contributed by atoms with Crippen molar-refractivity contribution >= 4 is 21.8 Å². The first-order valence-electron chi connectivity index (χ1n) is 6.73. The Morgan fingerprint density at radius 2 is 2.00 bits per heavy atom. The van der Waals surface area contributed by atoms with Crippen molar-refractivity contribution in [2.24, 2.45) is 4.99 Å². The zero-order valence-corrected chi connectivity index (χ0v) is 13.1. The SMILES string of the molecule is CCC(C)(C)NC(=O)CN=C1NS(=O)(=O)c2ccccc21. The van der Waals surface area contributed by atoms with Gasteiger partial charge in [0.1, 0.15) is 12.4 Å². The third-order valence-electron chi connectivity index (χ3n) is 3.41. The second-order valence-electron chi connectivity index (χ2n) is 5.55. The number of benzene rings is 1. The molecule has 0 unspecified atom stereocenters. The van der Waals surface area contributed by atoms with E-state index < -0.39 is 10.0 Å². The van der Waals surface area contributed by atoms with Crippen molar-refractivity contribution in [1.29, 1.82) is 0 Å². The van der Waals surface area contributed by atoms with Gasteiger partial charge in [-0.25, -0.2) is 8.42 Å². The molecule has 0 spiro atoms. The molecule has 7 heteroatoms. The average Bonchev–Trinajstić information content (AvgIpc) is 2.68. The lowest BCUT2D eigenvalue weighted by Crippen LogP contribution is -2.44. The van der Waals surface area contributed by atoms with Crippen molar-refractivity contribution in [2.45, 2.75) is 37.6 Å². The van der Waals surface area contributed by atoms with Gasteiger partial charge in [-0.2, -0.15) is 0 Å². The summed E-state index contributed by atoms with van der Waals surface area (Å²) in [4.78, 5) is 16.1. The van der Waals surface area contributed by atoms with Crippen LogP contribution in [0.25, 0.3) is 0 Å². The number of nitrogens with zero attached hydrogens (tertiary/aromatic N) is 1. The Morgan fingerprint density at radius 1 is 1.33 bits per heavy atom. The lowest BCUT2D eigenvalue weighted by Gasteiger charge is -2.23. The second-order valence-corrected chi connectivity index (χ2v) is 7.20. The van der Waals surface area contributed by atoms with Crippen molar-refractivity contribution in [3.8, 4) is 0 Å². The van der Waals surface area contributed by atoms with Gasteiger partial charge in [0.05, 0.1) is 4.90 Å². The van der Waals surface area contributed by atoms with Gasteiger partial charge in [0.25, 0.3) is 10.0 Å². The van der Waals surface area contributed by atoms with Gasteiger partial charge in [-0.1, -0.05) is 19.1 Å². The third kappa shape index (κ3) is 3.41. The number of hydrogen-bond donors (Lipinski definition) is 2. The summed E-state index contributed by atoms with van der Waals surface area (Å²) in [6, 6.07) is 6.56. The molecule has 114 valence electrons. The van der Waals surface area contributed by atoms with Crippen molar-refractivity contribution < 1.29 is 13.2 Å². The number of amides is 1. The minimum absolute atomic E-state index is 0.115. The Bertz CT molecular complexity index is 693. The number of nitrogens with one attached hydrogen (secondary N) is 2. The van der Waals surface area contributed by atoms with Crippen LogP contribution in [0.1, 0.15) is 32.8 Å². The first kappa shape index (κ1) is 15.5. The van der Waals surface area contributed by atoms with Crippen LogP contribution in [-0.2, 0) is 14.8 Å². The van der Waals surface area contributed by atoms with Gasteiger partial charge in [-0.05, 0) is 32.4 Å². The first-order chi connectivity index (χ1) is 9.75. The van der Waals surface area contributed by atoms with Gasteiger partial charge in [0.2, 0.25) is 5.91 Å². The van der Waals surface area contributed by atoms with Gasteiger partial charge in [-0.3, -0.25) is 14.5 Å². The zero-order chi connectivity index (χ0) is 15.7. The lowest BCUT2D eigenvalue weighted by molar-refractivity contribution is -0.121. The molecule has 0 saturated carbocycles. The van der Waals surface area contributed by atoms with Gasteiger partial charge in [0, 0.05) is 11.1 Å². The molecule has 1 heterocycles. The number of fused-ring (bicyclic) bond motifs is 1. The Hall–Kier alpha value is -1.89. The number of aliphatic imine (C=N–C) groups is 1. The van der Waals surface area contributed by atoms with Crippen molar-refractivity contribution in [3.05, 3.63) is 29.8 Å². The number of amidine groups is 1. The van der Waals surface area contributed by atoms with E-state index >= 15 is 0 Å². The molecule has 0 radical (unpaired) electrons. The molecule has 0 saturated heterocycles. The summed E-state index contributed by atoms with van der Waals surface area (Å²) in [6.07, 6.45) is 0.796. The first-order valence-corrected chi connectivity index (χ1v) is 8.21. The van der Waals surface area contributed by atoms with Crippen LogP contribution < -0.4 is 10.0 Å². The van der Waals surface area contributed by atoms with Crippen molar-refractivity contribution in [1.82, 2.24) is 10.0 Å². The maximum absolute atomic E-state index is 11.9. The van der Waals surface area contributed by atoms with Crippen molar-refractivity contribution in [3.63, 3.8) is 0 Å². The van der Waals surface area contributed by atoms with E-state index in [1.54, 1.807) is 18.2 Å². The summed E-state index contributed by atoms with van der Waals surface area (Å²) >= 11 is 0. The van der Waals surface area contributed by atoms with Crippen LogP contribution in [0.5, 0.6) is 0 Å². The summed E-state index contributed by atoms with van der Waals surface area (Å²) in [7, 11) is -3.55. The largest absolute Gasteiger partial charge is 0.350 e. The zero-order valence-electron chi connectivity index (χ0n) is 12.3. The molecule has 0 fully saturated rings. The van der Waals surface area contributed by atoms with Crippen LogP contribution in [0.15, 0.2) is 34.2 Å². The van der Waals surface area contributed by atoms with Gasteiger partial charge < -0.3 is 5.32 Å². The van der Waals surface area contributed by atoms with E-state index in [2.05, 4.69) is 15.0 Å². The smallest absolute Gasteiger partial charge is 0.263 e. The van der Waals surface area contributed by atoms with E-state index in [-0.39, 0.29) is 28.7 Å². The average molecular weight is 309 g/mol. The molecule has 0 bridgehead atoms. The monoisotopic (exact) mass is 309 g/mol. The summed E-state index contributed by atoms with van der Waals surface area (Å²) in [6.45, 7) is 5.71. The van der Waals surface area contributed by atoms with Gasteiger partial charge in [0.15, 0.2) is 0 Å². The normalized spacial score (nSPS) is 18.1. The Kier molecular flexibility index (Phi) is 4.04. The number of hydrogen-bond acceptors (Lipinski definition) is 4. The van der Waals surface area contributed by atoms with Crippen LogP contribution in [0.3, 0.4) is 0 Å². The molecule has 0 aromatic heterocycles. The summed E-state index contributed by atoms with van der Waals surface area (Å²) in [5.74, 6) is -0.0204. The Balaban J connectivity index is 2.16. The molecular weight excluding hydrogens is 290 g/mol. The molecule has 0 atom stereocenters. The number of carbonyl (C=O) groups excluding carboxylic acids is 1. The van der Waals surface area contributed by atoms with Crippen LogP contribution in [0.4, 0.5) is 0 Å². The summed E-state index contributed by atoms with van der Waals surface area (Å²) in [5, 5.41) is 2.85. The molecule has 1 aromatic rings. The standard InChI is InChI=1S/C14H19N3O3S/c1-4-14(2,3)16-12(18)9-15-13-10-7-5-6-8-11(10)21(19,20)17-13/h5-8H,4,9H2,1-3H3,(H,15,17)(H,16,18). The van der Waals surface area contributed by atoms with E-state index in [9.17, 15) is 13.2 Å².